The van der Waals surface area contributed by atoms with Gasteiger partial charge >= 0.3 is 0 Å². The number of ether oxygens (including phenoxy) is 2. The van der Waals surface area contributed by atoms with Crippen molar-refractivity contribution in [1.29, 1.82) is 0 Å². The summed E-state index contributed by atoms with van der Waals surface area (Å²) < 4.78 is 11.9. The van der Waals surface area contributed by atoms with Gasteiger partial charge in [-0.25, -0.2) is 0 Å². The van der Waals surface area contributed by atoms with Crippen LogP contribution in [0, 0.1) is 0 Å². The fraction of sp³-hybridized carbons (Fsp3) is 0.143. The van der Waals surface area contributed by atoms with Crippen LogP contribution in [0.3, 0.4) is 0 Å². The van der Waals surface area contributed by atoms with E-state index in [4.69, 9.17) is 15.2 Å². The minimum Gasteiger partial charge on any atom is -0.457 e. The average Bonchev–Trinajstić information content (AvgIpc) is 2.80. The van der Waals surface area contributed by atoms with Crippen molar-refractivity contribution in [3.8, 4) is 23.0 Å². The van der Waals surface area contributed by atoms with Crippen LogP contribution in [-0.2, 0) is 5.41 Å². The van der Waals surface area contributed by atoms with Crippen molar-refractivity contribution in [3.05, 3.63) is 108 Å². The molecule has 0 amide bonds. The van der Waals surface area contributed by atoms with Gasteiger partial charge in [0.25, 0.3) is 0 Å². The first-order chi connectivity index (χ1) is 15.4. The van der Waals surface area contributed by atoms with Gasteiger partial charge in [-0.15, -0.1) is 0 Å². The number of nitrogens with two attached hydrogens (primary N) is 1. The van der Waals surface area contributed by atoms with Gasteiger partial charge in [0.15, 0.2) is 0 Å². The molecule has 4 heteroatoms. The molecular formula is C28H28N2O2. The molecule has 0 heterocycles. The molecule has 4 aromatic rings. The second-order valence-electron chi connectivity index (χ2n) is 8.23. The molecule has 162 valence electrons. The van der Waals surface area contributed by atoms with E-state index >= 15 is 0 Å². The number of rotatable bonds is 7. The van der Waals surface area contributed by atoms with Crippen LogP contribution in [-0.4, -0.2) is 7.05 Å². The molecule has 0 aliphatic carbocycles. The van der Waals surface area contributed by atoms with Gasteiger partial charge in [-0.1, -0.05) is 50.2 Å². The summed E-state index contributed by atoms with van der Waals surface area (Å²) in [5.41, 5.74) is 9.77. The van der Waals surface area contributed by atoms with E-state index in [0.717, 1.165) is 28.7 Å². The lowest BCUT2D eigenvalue weighted by Crippen LogP contribution is -2.18. The van der Waals surface area contributed by atoms with Crippen molar-refractivity contribution < 1.29 is 9.47 Å². The lowest BCUT2D eigenvalue weighted by Gasteiger charge is -2.26. The molecule has 0 saturated heterocycles. The molecule has 0 saturated carbocycles. The van der Waals surface area contributed by atoms with Crippen LogP contribution in [0.2, 0.25) is 0 Å². The second kappa shape index (κ2) is 9.06. The molecule has 4 aromatic carbocycles. The van der Waals surface area contributed by atoms with Crippen LogP contribution < -0.4 is 20.5 Å². The van der Waals surface area contributed by atoms with Gasteiger partial charge in [0, 0.05) is 36.0 Å². The molecular weight excluding hydrogens is 396 g/mol. The van der Waals surface area contributed by atoms with Crippen molar-refractivity contribution >= 4 is 11.4 Å². The number of nitrogens with one attached hydrogen (secondary N) is 1. The monoisotopic (exact) mass is 424 g/mol. The van der Waals surface area contributed by atoms with Crippen molar-refractivity contribution in [1.82, 2.24) is 0 Å². The van der Waals surface area contributed by atoms with Gasteiger partial charge in [-0.2, -0.15) is 0 Å². The SMILES string of the molecule is CNc1cccc(Oc2ccc(C(C)(C)c3ccc(Oc4cccc(N)c4)cc3)cc2)c1. The van der Waals surface area contributed by atoms with Gasteiger partial charge in [-0.3, -0.25) is 0 Å². The van der Waals surface area contributed by atoms with E-state index in [-0.39, 0.29) is 5.41 Å². The van der Waals surface area contributed by atoms with E-state index in [2.05, 4.69) is 43.4 Å². The molecule has 0 fully saturated rings. The van der Waals surface area contributed by atoms with E-state index in [1.165, 1.54) is 11.1 Å². The first kappa shape index (κ1) is 21.3. The maximum Gasteiger partial charge on any atom is 0.129 e. The van der Waals surface area contributed by atoms with Crippen LogP contribution in [0.1, 0.15) is 25.0 Å². The standard InChI is InChI=1S/C28H28N2O2/c1-28(2,20-10-14-24(15-11-20)31-26-8-4-6-22(29)18-26)21-12-16-25(17-13-21)32-27-9-5-7-23(19-27)30-3/h4-19,30H,29H2,1-3H3. The third-order valence-electron chi connectivity index (χ3n) is 5.60. The van der Waals surface area contributed by atoms with E-state index in [1.807, 2.05) is 79.8 Å². The molecule has 0 radical (unpaired) electrons. The van der Waals surface area contributed by atoms with Crippen molar-refractivity contribution in [2.75, 3.05) is 18.1 Å². The highest BCUT2D eigenvalue weighted by Crippen LogP contribution is 2.35. The lowest BCUT2D eigenvalue weighted by atomic mass is 9.78. The van der Waals surface area contributed by atoms with Gasteiger partial charge in [0.1, 0.15) is 23.0 Å². The topological polar surface area (TPSA) is 56.5 Å². The smallest absolute Gasteiger partial charge is 0.129 e. The minimum absolute atomic E-state index is 0.166. The highest BCUT2D eigenvalue weighted by Gasteiger charge is 2.23. The summed E-state index contributed by atoms with van der Waals surface area (Å²) >= 11 is 0. The number of hydrogen-bond acceptors (Lipinski definition) is 4. The summed E-state index contributed by atoms with van der Waals surface area (Å²) in [5.74, 6) is 3.12. The quantitative estimate of drug-likeness (QED) is 0.308. The summed E-state index contributed by atoms with van der Waals surface area (Å²) in [5, 5.41) is 3.13. The Labute approximate surface area is 189 Å². The van der Waals surface area contributed by atoms with Crippen molar-refractivity contribution in [3.63, 3.8) is 0 Å². The third-order valence-corrected chi connectivity index (χ3v) is 5.60. The summed E-state index contributed by atoms with van der Waals surface area (Å²) in [6.07, 6.45) is 0. The Bertz CT molecular complexity index is 1180. The molecule has 0 aliphatic heterocycles. The van der Waals surface area contributed by atoms with Gasteiger partial charge in [-0.05, 0) is 59.7 Å². The molecule has 0 bridgehead atoms. The Hall–Kier alpha value is -3.92. The predicted octanol–water partition coefficient (Wildman–Crippen LogP) is 7.22. The zero-order chi connectivity index (χ0) is 22.6. The van der Waals surface area contributed by atoms with E-state index in [0.29, 0.717) is 5.69 Å². The number of nitrogen functional groups attached to an aromatic ring is 1. The molecule has 32 heavy (non-hydrogen) atoms. The summed E-state index contributed by atoms with van der Waals surface area (Å²) in [4.78, 5) is 0. The normalized spacial score (nSPS) is 11.1. The first-order valence-corrected chi connectivity index (χ1v) is 10.6. The number of benzene rings is 4. The third kappa shape index (κ3) is 4.86. The van der Waals surface area contributed by atoms with E-state index < -0.39 is 0 Å². The van der Waals surface area contributed by atoms with Gasteiger partial charge in [0.2, 0.25) is 0 Å². The fourth-order valence-electron chi connectivity index (χ4n) is 3.61. The van der Waals surface area contributed by atoms with Gasteiger partial charge in [0.05, 0.1) is 0 Å². The highest BCUT2D eigenvalue weighted by molar-refractivity contribution is 5.49. The Balaban J connectivity index is 1.47. The van der Waals surface area contributed by atoms with Crippen LogP contribution in [0.15, 0.2) is 97.1 Å². The summed E-state index contributed by atoms with van der Waals surface area (Å²) in [7, 11) is 1.90. The zero-order valence-electron chi connectivity index (χ0n) is 18.6. The van der Waals surface area contributed by atoms with Gasteiger partial charge < -0.3 is 20.5 Å². The van der Waals surface area contributed by atoms with Crippen molar-refractivity contribution in [2.45, 2.75) is 19.3 Å². The fourth-order valence-corrected chi connectivity index (χ4v) is 3.61. The molecule has 0 spiro atoms. The van der Waals surface area contributed by atoms with Crippen LogP contribution in [0.5, 0.6) is 23.0 Å². The minimum atomic E-state index is -0.166. The number of hydrogen-bond donors (Lipinski definition) is 2. The Morgan fingerprint density at radius 1 is 0.625 bits per heavy atom. The molecule has 4 nitrogen and oxygen atoms in total. The zero-order valence-corrected chi connectivity index (χ0v) is 18.6. The Kier molecular flexibility index (Phi) is 6.04. The maximum absolute atomic E-state index is 6.01. The molecule has 0 aromatic heterocycles. The highest BCUT2D eigenvalue weighted by atomic mass is 16.5. The van der Waals surface area contributed by atoms with Crippen molar-refractivity contribution in [2.24, 2.45) is 0 Å². The summed E-state index contributed by atoms with van der Waals surface area (Å²) in [6.45, 7) is 4.43. The molecule has 3 N–H and O–H groups in total. The Morgan fingerprint density at radius 2 is 1.12 bits per heavy atom. The number of anilines is 2. The predicted molar refractivity (Wildman–Crippen MR) is 132 cm³/mol. The summed E-state index contributed by atoms with van der Waals surface area (Å²) in [6, 6.07) is 31.8. The average molecular weight is 425 g/mol. The molecule has 0 unspecified atom stereocenters. The maximum atomic E-state index is 6.01. The molecule has 4 rings (SSSR count). The second-order valence-corrected chi connectivity index (χ2v) is 8.23. The van der Waals surface area contributed by atoms with E-state index in [1.54, 1.807) is 0 Å². The first-order valence-electron chi connectivity index (χ1n) is 10.6. The molecule has 0 atom stereocenters. The Morgan fingerprint density at radius 3 is 1.62 bits per heavy atom. The largest absolute Gasteiger partial charge is 0.457 e. The lowest BCUT2D eigenvalue weighted by molar-refractivity contribution is 0.481. The van der Waals surface area contributed by atoms with Crippen LogP contribution in [0.25, 0.3) is 0 Å². The van der Waals surface area contributed by atoms with Crippen LogP contribution in [0.4, 0.5) is 11.4 Å². The van der Waals surface area contributed by atoms with Crippen LogP contribution >= 0.6 is 0 Å². The molecule has 0 aliphatic rings. The van der Waals surface area contributed by atoms with E-state index in [9.17, 15) is 0 Å².